The standard InChI is InChI=1S/C58H87N7O11/c1-13-39(6)53(46(75-11)36-50(69)64-33-20-23-45(64)54(76-12)40(7)55(70)59-44(58(73)74)35-42-21-16-14-17-22-42)63(10)57(72)51(37(2)3)60-56(71)52(38(4)5)61(8)34-31-41-25-27-43(28-26-41)62(9)47(66)24-18-15-19-32-65-48(67)29-30-49(65)68/h14,16-17,21-22,25-30,37-40,44-46,51-54H,13,15,18-20,23-24,31-36H2,1-12H3,(H,59,70)(H,60,71)(H,73,74)/t39-,40+,44-,45-,46+,51-,52?,53-,54+/m0/s1. The molecule has 2 aliphatic heterocycles. The summed E-state index contributed by atoms with van der Waals surface area (Å²) in [5.41, 5.74) is 2.55. The van der Waals surface area contributed by atoms with E-state index in [1.165, 1.54) is 31.3 Å². The molecule has 2 heterocycles. The molecule has 4 rings (SSSR count). The molecule has 7 amide bonds. The molecule has 1 unspecified atom stereocenters. The van der Waals surface area contributed by atoms with Gasteiger partial charge in [-0.2, -0.15) is 0 Å². The molecule has 0 saturated carbocycles. The number of carbonyl (C=O) groups is 8. The number of imide groups is 1. The van der Waals surface area contributed by atoms with E-state index in [1.807, 2.05) is 96.0 Å². The number of aliphatic carboxylic acids is 1. The second kappa shape index (κ2) is 30.1. The molecule has 2 aliphatic rings. The number of unbranched alkanes of at least 4 members (excludes halogenated alkanes) is 2. The van der Waals surface area contributed by atoms with E-state index < -0.39 is 60.2 Å². The van der Waals surface area contributed by atoms with Crippen LogP contribution in [0, 0.1) is 23.7 Å². The predicted octanol–water partition coefficient (Wildman–Crippen LogP) is 5.51. The molecule has 1 fully saturated rings. The van der Waals surface area contributed by atoms with Crippen LogP contribution in [0.25, 0.3) is 0 Å². The van der Waals surface area contributed by atoms with Crippen molar-refractivity contribution < 1.29 is 52.9 Å². The number of ether oxygens (including phenoxy) is 2. The summed E-state index contributed by atoms with van der Waals surface area (Å²) in [5, 5.41) is 15.8. The zero-order valence-electron chi connectivity index (χ0n) is 47.2. The zero-order chi connectivity index (χ0) is 56.4. The molecule has 2 aromatic carbocycles. The van der Waals surface area contributed by atoms with E-state index in [-0.39, 0.29) is 66.0 Å². The van der Waals surface area contributed by atoms with Crippen molar-refractivity contribution >= 4 is 53.0 Å². The SMILES string of the molecule is CC[C@H](C)[C@@H]([C@@H](CC(=O)N1CCC[C@H]1[C@H](OC)[C@@H](C)C(=O)N[C@@H](Cc1ccccc1)C(=O)O)OC)N(C)C(=O)[C@@H](NC(=O)C(C(C)C)N(C)CCc1ccc(N(C)C(=O)CCCCCN2C(=O)C=CC2=O)cc1)C(C)C. The summed E-state index contributed by atoms with van der Waals surface area (Å²) < 4.78 is 12.0. The average Bonchev–Trinajstić information content (AvgIpc) is 4.01. The van der Waals surface area contributed by atoms with Gasteiger partial charge in [-0.05, 0) is 80.2 Å². The van der Waals surface area contributed by atoms with Gasteiger partial charge in [0.15, 0.2) is 0 Å². The first-order valence-electron chi connectivity index (χ1n) is 27.1. The minimum Gasteiger partial charge on any atom is -0.480 e. The lowest BCUT2D eigenvalue weighted by Gasteiger charge is -2.41. The van der Waals surface area contributed by atoms with Gasteiger partial charge in [0.05, 0.1) is 42.7 Å². The molecule has 420 valence electrons. The second-order valence-electron chi connectivity index (χ2n) is 21.4. The Hall–Kier alpha value is -5.98. The Morgan fingerprint density at radius 1 is 0.789 bits per heavy atom. The van der Waals surface area contributed by atoms with Gasteiger partial charge in [-0.25, -0.2) is 4.79 Å². The molecule has 3 N–H and O–H groups in total. The molecule has 0 spiro atoms. The lowest BCUT2D eigenvalue weighted by molar-refractivity contribution is -0.148. The van der Waals surface area contributed by atoms with Crippen LogP contribution in [0.4, 0.5) is 5.69 Å². The van der Waals surface area contributed by atoms with Crippen molar-refractivity contribution in [3.8, 4) is 0 Å². The average molecular weight is 1060 g/mol. The summed E-state index contributed by atoms with van der Waals surface area (Å²) in [4.78, 5) is 114. The number of carbonyl (C=O) groups excluding carboxylic acids is 7. The van der Waals surface area contributed by atoms with Crippen LogP contribution < -0.4 is 15.5 Å². The topological polar surface area (TPSA) is 216 Å². The van der Waals surface area contributed by atoms with Gasteiger partial charge in [-0.3, -0.25) is 43.4 Å². The Labute approximate surface area is 451 Å². The third kappa shape index (κ3) is 17.0. The van der Waals surface area contributed by atoms with Crippen LogP contribution in [-0.2, 0) is 60.7 Å². The molecule has 1 saturated heterocycles. The number of nitrogens with zero attached hydrogens (tertiary/aromatic N) is 5. The number of carboxylic acids is 1. The largest absolute Gasteiger partial charge is 0.480 e. The number of nitrogens with one attached hydrogen (secondary N) is 2. The number of methoxy groups -OCH3 is 2. The van der Waals surface area contributed by atoms with Crippen molar-refractivity contribution in [2.24, 2.45) is 23.7 Å². The van der Waals surface area contributed by atoms with Gasteiger partial charge in [0, 0.05) is 78.6 Å². The molecule has 0 radical (unpaired) electrons. The number of likely N-dealkylation sites (N-methyl/N-ethyl adjacent to an activating group) is 2. The molecule has 18 nitrogen and oxygen atoms in total. The monoisotopic (exact) mass is 1060 g/mol. The molecule has 0 bridgehead atoms. The highest BCUT2D eigenvalue weighted by molar-refractivity contribution is 6.12. The first-order chi connectivity index (χ1) is 36.1. The number of benzene rings is 2. The molecular weight excluding hydrogens is 971 g/mol. The van der Waals surface area contributed by atoms with Crippen LogP contribution in [0.15, 0.2) is 66.7 Å². The fourth-order valence-corrected chi connectivity index (χ4v) is 10.7. The van der Waals surface area contributed by atoms with Gasteiger partial charge >= 0.3 is 5.97 Å². The fourth-order valence-electron chi connectivity index (χ4n) is 10.7. The summed E-state index contributed by atoms with van der Waals surface area (Å²) >= 11 is 0. The maximum Gasteiger partial charge on any atom is 0.326 e. The van der Waals surface area contributed by atoms with Crippen molar-refractivity contribution in [3.63, 3.8) is 0 Å². The number of amides is 7. The molecule has 2 aromatic rings. The smallest absolute Gasteiger partial charge is 0.326 e. The van der Waals surface area contributed by atoms with Gasteiger partial charge < -0.3 is 39.9 Å². The molecular formula is C58H87N7O11. The van der Waals surface area contributed by atoms with Crippen LogP contribution in [-0.4, -0.2) is 169 Å². The Balaban J connectivity index is 1.37. The van der Waals surface area contributed by atoms with Crippen LogP contribution in [0.1, 0.15) is 111 Å². The minimum absolute atomic E-state index is 0.0317. The minimum atomic E-state index is -1.16. The number of anilines is 1. The number of hydrogen-bond acceptors (Lipinski definition) is 11. The quantitative estimate of drug-likeness (QED) is 0.0630. The number of hydrogen-bond donors (Lipinski definition) is 3. The summed E-state index contributed by atoms with van der Waals surface area (Å²) in [6, 6.07) is 13.2. The van der Waals surface area contributed by atoms with Gasteiger partial charge in [0.25, 0.3) is 11.8 Å². The van der Waals surface area contributed by atoms with Crippen molar-refractivity contribution in [2.75, 3.05) is 59.9 Å². The third-order valence-corrected chi connectivity index (χ3v) is 15.4. The summed E-state index contributed by atoms with van der Waals surface area (Å²) in [7, 11) is 8.36. The van der Waals surface area contributed by atoms with E-state index >= 15 is 0 Å². The van der Waals surface area contributed by atoms with Crippen LogP contribution in [0.2, 0.25) is 0 Å². The third-order valence-electron chi connectivity index (χ3n) is 15.4. The molecule has 76 heavy (non-hydrogen) atoms. The Morgan fingerprint density at radius 2 is 1.43 bits per heavy atom. The summed E-state index contributed by atoms with van der Waals surface area (Å²) in [6.45, 7) is 14.8. The van der Waals surface area contributed by atoms with Crippen LogP contribution in [0.5, 0.6) is 0 Å². The van der Waals surface area contributed by atoms with Gasteiger partial charge in [-0.15, -0.1) is 0 Å². The lowest BCUT2D eigenvalue weighted by Crippen LogP contribution is -2.60. The number of carboxylic acid groups (broad SMARTS) is 1. The Bertz CT molecular complexity index is 2270. The van der Waals surface area contributed by atoms with Crippen molar-refractivity contribution in [2.45, 2.75) is 155 Å². The Kier molecular flexibility index (Phi) is 24.8. The van der Waals surface area contributed by atoms with Crippen molar-refractivity contribution in [3.05, 3.63) is 77.9 Å². The van der Waals surface area contributed by atoms with E-state index in [2.05, 4.69) is 10.6 Å². The number of rotatable bonds is 31. The maximum absolute atomic E-state index is 14.7. The molecule has 0 aromatic heterocycles. The normalized spacial score (nSPS) is 17.8. The zero-order valence-corrected chi connectivity index (χ0v) is 47.2. The Morgan fingerprint density at radius 3 is 2.00 bits per heavy atom. The highest BCUT2D eigenvalue weighted by Crippen LogP contribution is 2.30. The molecule has 0 aliphatic carbocycles. The first kappa shape index (κ1) is 62.6. The summed E-state index contributed by atoms with van der Waals surface area (Å²) in [6.07, 6.45) is 6.04. The van der Waals surface area contributed by atoms with Crippen LogP contribution in [0.3, 0.4) is 0 Å². The van der Waals surface area contributed by atoms with E-state index in [9.17, 15) is 43.5 Å². The van der Waals surface area contributed by atoms with E-state index in [4.69, 9.17) is 9.47 Å². The lowest BCUT2D eigenvalue weighted by atomic mass is 9.89. The second-order valence-corrected chi connectivity index (χ2v) is 21.4. The van der Waals surface area contributed by atoms with E-state index in [0.29, 0.717) is 71.0 Å². The highest BCUT2D eigenvalue weighted by atomic mass is 16.5. The summed E-state index contributed by atoms with van der Waals surface area (Å²) in [5.74, 6) is -4.34. The van der Waals surface area contributed by atoms with E-state index in [1.54, 1.807) is 47.9 Å². The fraction of sp³-hybridized carbons (Fsp3) is 0.621. The van der Waals surface area contributed by atoms with E-state index in [0.717, 1.165) is 16.8 Å². The molecule has 9 atom stereocenters. The van der Waals surface area contributed by atoms with Crippen LogP contribution >= 0.6 is 0 Å². The van der Waals surface area contributed by atoms with Crippen molar-refractivity contribution in [1.29, 1.82) is 0 Å². The highest BCUT2D eigenvalue weighted by Gasteiger charge is 2.44. The van der Waals surface area contributed by atoms with Gasteiger partial charge in [0.1, 0.15) is 12.1 Å². The molecule has 18 heteroatoms. The van der Waals surface area contributed by atoms with Gasteiger partial charge in [0.2, 0.25) is 29.5 Å². The van der Waals surface area contributed by atoms with Gasteiger partial charge in [-0.1, -0.05) is 104 Å². The predicted molar refractivity (Wildman–Crippen MR) is 292 cm³/mol. The van der Waals surface area contributed by atoms with Crippen molar-refractivity contribution in [1.82, 2.24) is 30.2 Å². The first-order valence-corrected chi connectivity index (χ1v) is 27.1. The maximum atomic E-state index is 14.7. The number of likely N-dealkylation sites (tertiary alicyclic amines) is 1.